The number of carbonyl (C=O) groups excluding carboxylic acids is 1. The summed E-state index contributed by atoms with van der Waals surface area (Å²) in [5.41, 5.74) is 7.79. The maximum absolute atomic E-state index is 11.9. The Morgan fingerprint density at radius 3 is 2.48 bits per heavy atom. The minimum Gasteiger partial charge on any atom is -0.494 e. The second-order valence-corrected chi connectivity index (χ2v) is 4.91. The third-order valence-corrected chi connectivity index (χ3v) is 3.10. The number of ether oxygens (including phenoxy) is 1. The summed E-state index contributed by atoms with van der Waals surface area (Å²) in [5, 5.41) is 2.78. The lowest BCUT2D eigenvalue weighted by Gasteiger charge is -2.13. The molecule has 2 rings (SSSR count). The topological polar surface area (TPSA) is 64.3 Å². The summed E-state index contributed by atoms with van der Waals surface area (Å²) in [6, 6.07) is 16.5. The molecule has 0 radical (unpaired) electrons. The first-order valence-corrected chi connectivity index (χ1v) is 6.96. The van der Waals surface area contributed by atoms with Crippen LogP contribution in [0, 0.1) is 6.92 Å². The highest BCUT2D eigenvalue weighted by molar-refractivity contribution is 5.94. The molecule has 110 valence electrons. The summed E-state index contributed by atoms with van der Waals surface area (Å²) in [5.74, 6) is 0.588. The summed E-state index contributed by atoms with van der Waals surface area (Å²) < 4.78 is 5.57. The molecule has 2 aromatic carbocycles. The van der Waals surface area contributed by atoms with E-state index in [1.165, 1.54) is 5.56 Å². The number of amides is 1. The molecule has 0 aliphatic heterocycles. The summed E-state index contributed by atoms with van der Waals surface area (Å²) in [6.07, 6.45) is 0.465. The fraction of sp³-hybridized carbons (Fsp3) is 0.235. The number of rotatable bonds is 6. The molecule has 0 bridgehead atoms. The van der Waals surface area contributed by atoms with Crippen molar-refractivity contribution in [2.75, 3.05) is 11.9 Å². The normalized spacial score (nSPS) is 11.7. The minimum absolute atomic E-state index is 0.200. The van der Waals surface area contributed by atoms with Gasteiger partial charge in [0.15, 0.2) is 0 Å². The first-order valence-electron chi connectivity index (χ1n) is 6.96. The van der Waals surface area contributed by atoms with Gasteiger partial charge in [-0.25, -0.2) is 0 Å². The van der Waals surface area contributed by atoms with Crippen molar-refractivity contribution < 1.29 is 9.53 Å². The van der Waals surface area contributed by atoms with Crippen molar-refractivity contribution in [3.63, 3.8) is 0 Å². The largest absolute Gasteiger partial charge is 0.494 e. The van der Waals surface area contributed by atoms with E-state index >= 15 is 0 Å². The Morgan fingerprint density at radius 1 is 1.14 bits per heavy atom. The predicted octanol–water partition coefficient (Wildman–Crippen LogP) is 2.73. The van der Waals surface area contributed by atoms with Crippen LogP contribution in [0.3, 0.4) is 0 Å². The molecule has 1 amide bonds. The van der Waals surface area contributed by atoms with E-state index in [1.807, 2.05) is 61.5 Å². The number of hydrogen-bond acceptors (Lipinski definition) is 3. The van der Waals surface area contributed by atoms with E-state index in [0.29, 0.717) is 13.0 Å². The van der Waals surface area contributed by atoms with Crippen LogP contribution in [0.5, 0.6) is 5.75 Å². The lowest BCUT2D eigenvalue weighted by atomic mass is 10.2. The van der Waals surface area contributed by atoms with E-state index in [-0.39, 0.29) is 5.91 Å². The van der Waals surface area contributed by atoms with Gasteiger partial charge in [0.25, 0.3) is 0 Å². The van der Waals surface area contributed by atoms with Crippen molar-refractivity contribution >= 4 is 11.6 Å². The van der Waals surface area contributed by atoms with Gasteiger partial charge in [0.05, 0.1) is 12.6 Å². The second-order valence-electron chi connectivity index (χ2n) is 4.91. The van der Waals surface area contributed by atoms with Crippen LogP contribution in [0.2, 0.25) is 0 Å². The van der Waals surface area contributed by atoms with Crippen LogP contribution in [0.25, 0.3) is 0 Å². The van der Waals surface area contributed by atoms with Gasteiger partial charge in [-0.05, 0) is 31.2 Å². The van der Waals surface area contributed by atoms with Crippen LogP contribution in [-0.4, -0.2) is 18.6 Å². The summed E-state index contributed by atoms with van der Waals surface area (Å²) in [6.45, 7) is 2.43. The molecular weight excluding hydrogens is 264 g/mol. The van der Waals surface area contributed by atoms with Crippen molar-refractivity contribution in [2.45, 2.75) is 19.4 Å². The summed E-state index contributed by atoms with van der Waals surface area (Å²) in [4.78, 5) is 11.9. The average molecular weight is 284 g/mol. The molecule has 1 atom stereocenters. The van der Waals surface area contributed by atoms with Gasteiger partial charge in [-0.1, -0.05) is 35.9 Å². The highest BCUT2D eigenvalue weighted by atomic mass is 16.5. The van der Waals surface area contributed by atoms with Crippen LogP contribution in [-0.2, 0) is 4.79 Å². The van der Waals surface area contributed by atoms with E-state index in [9.17, 15) is 4.79 Å². The van der Waals surface area contributed by atoms with E-state index < -0.39 is 6.04 Å². The molecule has 0 fully saturated rings. The SMILES string of the molecule is Cc1ccc(OCCC(N)C(=O)Nc2ccccc2)cc1. The molecule has 21 heavy (non-hydrogen) atoms. The monoisotopic (exact) mass is 284 g/mol. The fourth-order valence-electron chi connectivity index (χ4n) is 1.83. The van der Waals surface area contributed by atoms with Gasteiger partial charge in [-0.3, -0.25) is 4.79 Å². The molecule has 0 aliphatic rings. The Labute approximate surface area is 124 Å². The van der Waals surface area contributed by atoms with Crippen LogP contribution in [0.15, 0.2) is 54.6 Å². The second kappa shape index (κ2) is 7.45. The number of benzene rings is 2. The highest BCUT2D eigenvalue weighted by Gasteiger charge is 2.13. The Bertz CT molecular complexity index is 567. The number of carbonyl (C=O) groups is 1. The number of nitrogens with one attached hydrogen (secondary N) is 1. The Morgan fingerprint density at radius 2 is 1.81 bits per heavy atom. The van der Waals surface area contributed by atoms with Gasteiger partial charge in [-0.2, -0.15) is 0 Å². The molecule has 0 saturated carbocycles. The Balaban J connectivity index is 1.75. The Kier molecular flexibility index (Phi) is 5.35. The number of aryl methyl sites for hydroxylation is 1. The zero-order valence-corrected chi connectivity index (χ0v) is 12.1. The predicted molar refractivity (Wildman–Crippen MR) is 84.3 cm³/mol. The van der Waals surface area contributed by atoms with Gasteiger partial charge in [0.1, 0.15) is 5.75 Å². The van der Waals surface area contributed by atoms with Gasteiger partial charge in [0.2, 0.25) is 5.91 Å². The molecule has 0 aromatic heterocycles. The van der Waals surface area contributed by atoms with Gasteiger partial charge < -0.3 is 15.8 Å². The minimum atomic E-state index is -0.587. The standard InChI is InChI=1S/C17H20N2O2/c1-13-7-9-15(10-8-13)21-12-11-16(18)17(20)19-14-5-3-2-4-6-14/h2-10,16H,11-12,18H2,1H3,(H,19,20). The third kappa shape index (κ3) is 4.93. The number of nitrogens with two attached hydrogens (primary N) is 1. The van der Waals surface area contributed by atoms with E-state index in [4.69, 9.17) is 10.5 Å². The maximum atomic E-state index is 11.9. The van der Waals surface area contributed by atoms with Crippen molar-refractivity contribution in [1.29, 1.82) is 0 Å². The van der Waals surface area contributed by atoms with Crippen molar-refractivity contribution in [2.24, 2.45) is 5.73 Å². The van der Waals surface area contributed by atoms with Crippen LogP contribution < -0.4 is 15.8 Å². The van der Waals surface area contributed by atoms with Gasteiger partial charge >= 0.3 is 0 Å². The Hall–Kier alpha value is -2.33. The molecule has 0 heterocycles. The lowest BCUT2D eigenvalue weighted by Crippen LogP contribution is -2.36. The number of anilines is 1. The molecule has 4 heteroatoms. The van der Waals surface area contributed by atoms with Crippen molar-refractivity contribution in [3.8, 4) is 5.75 Å². The maximum Gasteiger partial charge on any atom is 0.241 e. The van der Waals surface area contributed by atoms with Crippen LogP contribution >= 0.6 is 0 Å². The van der Waals surface area contributed by atoms with Gasteiger partial charge in [-0.15, -0.1) is 0 Å². The number of para-hydroxylation sites is 1. The van der Waals surface area contributed by atoms with Crippen LogP contribution in [0.4, 0.5) is 5.69 Å². The first-order chi connectivity index (χ1) is 10.1. The third-order valence-electron chi connectivity index (χ3n) is 3.10. The number of hydrogen-bond donors (Lipinski definition) is 2. The summed E-state index contributed by atoms with van der Waals surface area (Å²) >= 11 is 0. The molecule has 2 aromatic rings. The smallest absolute Gasteiger partial charge is 0.241 e. The molecule has 4 nitrogen and oxygen atoms in total. The van der Waals surface area contributed by atoms with Crippen molar-refractivity contribution in [1.82, 2.24) is 0 Å². The quantitative estimate of drug-likeness (QED) is 0.857. The highest BCUT2D eigenvalue weighted by Crippen LogP contribution is 2.12. The molecule has 0 spiro atoms. The fourth-order valence-corrected chi connectivity index (χ4v) is 1.83. The zero-order chi connectivity index (χ0) is 15.1. The van der Waals surface area contributed by atoms with Crippen molar-refractivity contribution in [3.05, 3.63) is 60.2 Å². The molecular formula is C17H20N2O2. The van der Waals surface area contributed by atoms with Gasteiger partial charge in [0, 0.05) is 12.1 Å². The summed E-state index contributed by atoms with van der Waals surface area (Å²) in [7, 11) is 0. The first kappa shape index (κ1) is 15.1. The average Bonchev–Trinajstić information content (AvgIpc) is 2.50. The molecule has 0 aliphatic carbocycles. The van der Waals surface area contributed by atoms with E-state index in [0.717, 1.165) is 11.4 Å². The zero-order valence-electron chi connectivity index (χ0n) is 12.1. The van der Waals surface area contributed by atoms with Crippen LogP contribution in [0.1, 0.15) is 12.0 Å². The van der Waals surface area contributed by atoms with E-state index in [1.54, 1.807) is 0 Å². The molecule has 3 N–H and O–H groups in total. The lowest BCUT2D eigenvalue weighted by molar-refractivity contribution is -0.117. The van der Waals surface area contributed by atoms with E-state index in [2.05, 4.69) is 5.32 Å². The molecule has 1 unspecified atom stereocenters. The molecule has 0 saturated heterocycles.